The number of halogens is 3. The zero-order valence-electron chi connectivity index (χ0n) is 11.6. The minimum absolute atomic E-state index is 0. The molecule has 2 atom stereocenters. The van der Waals surface area contributed by atoms with Gasteiger partial charge in [-0.25, -0.2) is 0 Å². The van der Waals surface area contributed by atoms with E-state index in [-0.39, 0.29) is 12.4 Å². The zero-order valence-corrected chi connectivity index (χ0v) is 14.8. The molecule has 2 aliphatic rings. The third-order valence-electron chi connectivity index (χ3n) is 4.49. The Bertz CT molecular complexity index is 457. The van der Waals surface area contributed by atoms with Crippen LogP contribution in [0.1, 0.15) is 31.2 Å². The molecule has 0 spiro atoms. The molecule has 2 aliphatic heterocycles. The molecule has 2 heterocycles. The van der Waals surface area contributed by atoms with Crippen molar-refractivity contribution in [1.29, 1.82) is 0 Å². The van der Waals surface area contributed by atoms with Crippen LogP contribution in [0.2, 0.25) is 5.02 Å². The molecule has 112 valence electrons. The second-order valence-corrected chi connectivity index (χ2v) is 7.19. The van der Waals surface area contributed by atoms with Gasteiger partial charge in [0.1, 0.15) is 0 Å². The highest BCUT2D eigenvalue weighted by Gasteiger charge is 2.34. The maximum Gasteiger partial charge on any atom is 0.0551 e. The smallest absolute Gasteiger partial charge is 0.0551 e. The van der Waals surface area contributed by atoms with Crippen LogP contribution in [0.5, 0.6) is 0 Å². The molecule has 2 saturated heterocycles. The summed E-state index contributed by atoms with van der Waals surface area (Å²) in [6.07, 6.45) is 5.30. The highest BCUT2D eigenvalue weighted by Crippen LogP contribution is 2.30. The fourth-order valence-electron chi connectivity index (χ4n) is 3.44. The number of nitrogens with zero attached hydrogens (tertiary/aromatic N) is 1. The lowest BCUT2D eigenvalue weighted by Crippen LogP contribution is -2.46. The highest BCUT2D eigenvalue weighted by molar-refractivity contribution is 9.10. The lowest BCUT2D eigenvalue weighted by molar-refractivity contribution is 0.166. The predicted molar refractivity (Wildman–Crippen MR) is 90.8 cm³/mol. The Balaban J connectivity index is 0.00000147. The first kappa shape index (κ1) is 16.6. The SMILES string of the molecule is CN(Cc1ccc(Br)c(Cl)c1)C1CC2CCC(C1)N2.Cl. The van der Waals surface area contributed by atoms with E-state index in [1.807, 2.05) is 6.07 Å². The van der Waals surface area contributed by atoms with Crippen molar-refractivity contribution in [1.82, 2.24) is 10.2 Å². The molecule has 2 nitrogen and oxygen atoms in total. The summed E-state index contributed by atoms with van der Waals surface area (Å²) in [6, 6.07) is 8.47. The Hall–Kier alpha value is 0.200. The van der Waals surface area contributed by atoms with Gasteiger partial charge in [-0.3, -0.25) is 4.90 Å². The largest absolute Gasteiger partial charge is 0.311 e. The van der Waals surface area contributed by atoms with E-state index in [0.717, 1.165) is 28.1 Å². The second kappa shape index (κ2) is 6.97. The van der Waals surface area contributed by atoms with Crippen LogP contribution in [0.15, 0.2) is 22.7 Å². The molecule has 1 aromatic rings. The van der Waals surface area contributed by atoms with Gasteiger partial charge in [0.25, 0.3) is 0 Å². The molecule has 3 rings (SSSR count). The number of hydrogen-bond acceptors (Lipinski definition) is 2. The summed E-state index contributed by atoms with van der Waals surface area (Å²) in [5.74, 6) is 0. The molecule has 1 N–H and O–H groups in total. The molecule has 0 aliphatic carbocycles. The minimum atomic E-state index is 0. The van der Waals surface area contributed by atoms with Crippen LogP contribution in [0.25, 0.3) is 0 Å². The van der Waals surface area contributed by atoms with Gasteiger partial charge in [0, 0.05) is 29.1 Å². The monoisotopic (exact) mass is 378 g/mol. The second-order valence-electron chi connectivity index (χ2n) is 5.93. The van der Waals surface area contributed by atoms with Crippen molar-refractivity contribution in [2.45, 2.75) is 50.4 Å². The molecule has 20 heavy (non-hydrogen) atoms. The molecule has 5 heteroatoms. The fraction of sp³-hybridized carbons (Fsp3) is 0.600. The molecule has 0 radical (unpaired) electrons. The van der Waals surface area contributed by atoms with E-state index in [4.69, 9.17) is 11.6 Å². The van der Waals surface area contributed by atoms with E-state index in [1.165, 1.54) is 31.2 Å². The Morgan fingerprint density at radius 3 is 2.55 bits per heavy atom. The van der Waals surface area contributed by atoms with Gasteiger partial charge in [-0.15, -0.1) is 12.4 Å². The standard InChI is InChI=1S/C15H20BrClN2.ClH/c1-19(9-10-2-5-14(16)15(17)6-10)13-7-11-3-4-12(8-13)18-11;/h2,5-6,11-13,18H,3-4,7-9H2,1H3;1H. The van der Waals surface area contributed by atoms with Crippen molar-refractivity contribution < 1.29 is 0 Å². The normalized spacial score (nSPS) is 28.5. The minimum Gasteiger partial charge on any atom is -0.311 e. The third-order valence-corrected chi connectivity index (χ3v) is 5.72. The first-order chi connectivity index (χ1) is 9.11. The third kappa shape index (κ3) is 3.69. The summed E-state index contributed by atoms with van der Waals surface area (Å²) in [7, 11) is 2.24. The molecule has 0 amide bonds. The van der Waals surface area contributed by atoms with Gasteiger partial charge in [0.05, 0.1) is 5.02 Å². The molecular weight excluding hydrogens is 359 g/mol. The van der Waals surface area contributed by atoms with Gasteiger partial charge in [0.15, 0.2) is 0 Å². The maximum absolute atomic E-state index is 6.16. The quantitative estimate of drug-likeness (QED) is 0.844. The van der Waals surface area contributed by atoms with Crippen LogP contribution in [0, 0.1) is 0 Å². The Morgan fingerprint density at radius 1 is 1.30 bits per heavy atom. The van der Waals surface area contributed by atoms with Crippen LogP contribution in [0.3, 0.4) is 0 Å². The molecule has 0 saturated carbocycles. The first-order valence-electron chi connectivity index (χ1n) is 7.02. The van der Waals surface area contributed by atoms with Crippen molar-refractivity contribution in [2.75, 3.05) is 7.05 Å². The van der Waals surface area contributed by atoms with Crippen molar-refractivity contribution >= 4 is 39.9 Å². The Kier molecular flexibility index (Phi) is 5.78. The average molecular weight is 380 g/mol. The van der Waals surface area contributed by atoms with Gasteiger partial charge >= 0.3 is 0 Å². The number of hydrogen-bond donors (Lipinski definition) is 1. The molecular formula is C15H21BrCl2N2. The highest BCUT2D eigenvalue weighted by atomic mass is 79.9. The molecule has 2 fully saturated rings. The number of nitrogens with one attached hydrogen (secondary N) is 1. The van der Waals surface area contributed by atoms with E-state index >= 15 is 0 Å². The summed E-state index contributed by atoms with van der Waals surface area (Å²) >= 11 is 9.61. The summed E-state index contributed by atoms with van der Waals surface area (Å²) in [6.45, 7) is 0.983. The van der Waals surface area contributed by atoms with Gasteiger partial charge < -0.3 is 5.32 Å². The van der Waals surface area contributed by atoms with E-state index in [1.54, 1.807) is 0 Å². The molecule has 2 bridgehead atoms. The van der Waals surface area contributed by atoms with Crippen LogP contribution in [0.4, 0.5) is 0 Å². The molecule has 1 aromatic carbocycles. The van der Waals surface area contributed by atoms with Crippen molar-refractivity contribution in [2.24, 2.45) is 0 Å². The number of benzene rings is 1. The summed E-state index contributed by atoms with van der Waals surface area (Å²) in [5, 5.41) is 4.50. The Labute approximate surface area is 140 Å². The van der Waals surface area contributed by atoms with E-state index < -0.39 is 0 Å². The van der Waals surface area contributed by atoms with Crippen molar-refractivity contribution in [3.05, 3.63) is 33.3 Å². The topological polar surface area (TPSA) is 15.3 Å². The van der Waals surface area contributed by atoms with E-state index in [2.05, 4.69) is 45.3 Å². The van der Waals surface area contributed by atoms with Crippen LogP contribution >= 0.6 is 39.9 Å². The lowest BCUT2D eigenvalue weighted by atomic mass is 9.98. The first-order valence-corrected chi connectivity index (χ1v) is 8.19. The van der Waals surface area contributed by atoms with E-state index in [0.29, 0.717) is 6.04 Å². The van der Waals surface area contributed by atoms with Gasteiger partial charge in [-0.05, 0) is 66.4 Å². The van der Waals surface area contributed by atoms with Crippen LogP contribution in [-0.4, -0.2) is 30.1 Å². The summed E-state index contributed by atoms with van der Waals surface area (Å²) in [5.41, 5.74) is 1.29. The predicted octanol–water partition coefficient (Wildman–Crippen LogP) is 4.24. The van der Waals surface area contributed by atoms with Crippen molar-refractivity contribution in [3.63, 3.8) is 0 Å². The number of piperidine rings is 1. The van der Waals surface area contributed by atoms with Crippen LogP contribution in [-0.2, 0) is 6.54 Å². The maximum atomic E-state index is 6.16. The number of fused-ring (bicyclic) bond motifs is 2. The Morgan fingerprint density at radius 2 is 1.95 bits per heavy atom. The molecule has 0 aromatic heterocycles. The van der Waals surface area contributed by atoms with E-state index in [9.17, 15) is 0 Å². The fourth-order valence-corrected chi connectivity index (χ4v) is 3.89. The number of rotatable bonds is 3. The molecule has 2 unspecified atom stereocenters. The van der Waals surface area contributed by atoms with Crippen molar-refractivity contribution in [3.8, 4) is 0 Å². The van der Waals surface area contributed by atoms with Gasteiger partial charge in [-0.1, -0.05) is 17.7 Å². The zero-order chi connectivity index (χ0) is 13.4. The summed E-state index contributed by atoms with van der Waals surface area (Å²) < 4.78 is 0.973. The van der Waals surface area contributed by atoms with Gasteiger partial charge in [-0.2, -0.15) is 0 Å². The summed E-state index contributed by atoms with van der Waals surface area (Å²) in [4.78, 5) is 2.49. The average Bonchev–Trinajstić information content (AvgIpc) is 2.72. The lowest BCUT2D eigenvalue weighted by Gasteiger charge is -2.35. The van der Waals surface area contributed by atoms with Crippen LogP contribution < -0.4 is 5.32 Å². The van der Waals surface area contributed by atoms with Gasteiger partial charge in [0.2, 0.25) is 0 Å².